The Kier molecular flexibility index (Phi) is 4.92. The third-order valence-corrected chi connectivity index (χ3v) is 2.96. The Labute approximate surface area is 109 Å². The van der Waals surface area contributed by atoms with E-state index < -0.39 is 11.6 Å². The Hall–Kier alpha value is -0.640. The molecule has 17 heavy (non-hydrogen) atoms. The zero-order valence-electron chi connectivity index (χ0n) is 10.3. The van der Waals surface area contributed by atoms with Gasteiger partial charge in [-0.3, -0.25) is 0 Å². The van der Waals surface area contributed by atoms with Crippen LogP contribution in [0, 0.1) is 17.0 Å². The van der Waals surface area contributed by atoms with Crippen LogP contribution >= 0.6 is 15.9 Å². The van der Waals surface area contributed by atoms with Gasteiger partial charge in [0, 0.05) is 5.33 Å². The van der Waals surface area contributed by atoms with Gasteiger partial charge in [0.05, 0.1) is 6.61 Å². The Bertz CT molecular complexity index is 362. The van der Waals surface area contributed by atoms with E-state index in [0.717, 1.165) is 6.42 Å². The fourth-order valence-electron chi connectivity index (χ4n) is 1.29. The Morgan fingerprint density at radius 2 is 1.71 bits per heavy atom. The number of hydrogen-bond acceptors (Lipinski definition) is 1. The van der Waals surface area contributed by atoms with Crippen molar-refractivity contribution >= 4 is 15.9 Å². The number of ether oxygens (including phenoxy) is 1. The van der Waals surface area contributed by atoms with Crippen molar-refractivity contribution in [3.05, 3.63) is 29.3 Å². The van der Waals surface area contributed by atoms with Gasteiger partial charge in [0.25, 0.3) is 0 Å². The summed E-state index contributed by atoms with van der Waals surface area (Å²) >= 11 is 3.15. The van der Waals surface area contributed by atoms with Crippen LogP contribution in [-0.2, 0) is 5.33 Å². The molecule has 96 valence electrons. The molecule has 0 heterocycles. The summed E-state index contributed by atoms with van der Waals surface area (Å²) in [6, 6.07) is 2.56. The second kappa shape index (κ2) is 5.80. The first-order valence-corrected chi connectivity index (χ1v) is 6.62. The van der Waals surface area contributed by atoms with E-state index in [1.807, 2.05) is 0 Å². The van der Waals surface area contributed by atoms with E-state index in [2.05, 4.69) is 36.7 Å². The molecule has 0 atom stereocenters. The van der Waals surface area contributed by atoms with Gasteiger partial charge in [-0.2, -0.15) is 0 Å². The number of benzene rings is 1. The van der Waals surface area contributed by atoms with Gasteiger partial charge in [-0.05, 0) is 29.5 Å². The van der Waals surface area contributed by atoms with Crippen LogP contribution in [0.5, 0.6) is 5.75 Å². The molecule has 1 aromatic carbocycles. The molecule has 0 aromatic heterocycles. The standard InChI is InChI=1S/C13H17BrF2O/c1-13(2,3)4-5-17-12-10(15)6-9(8-14)7-11(12)16/h6-7H,4-5,8H2,1-3H3. The molecule has 0 N–H and O–H groups in total. The van der Waals surface area contributed by atoms with E-state index in [-0.39, 0.29) is 11.2 Å². The summed E-state index contributed by atoms with van der Waals surface area (Å²) in [7, 11) is 0. The highest BCUT2D eigenvalue weighted by Crippen LogP contribution is 2.26. The molecule has 0 fully saturated rings. The second-order valence-electron chi connectivity index (χ2n) is 5.18. The van der Waals surface area contributed by atoms with Crippen LogP contribution in [0.4, 0.5) is 8.78 Å². The first-order chi connectivity index (χ1) is 7.83. The average molecular weight is 307 g/mol. The third kappa shape index (κ3) is 4.62. The maximum absolute atomic E-state index is 13.5. The molecule has 0 saturated carbocycles. The molecule has 0 saturated heterocycles. The van der Waals surface area contributed by atoms with E-state index in [4.69, 9.17) is 4.74 Å². The SMILES string of the molecule is CC(C)(C)CCOc1c(F)cc(CBr)cc1F. The Morgan fingerprint density at radius 1 is 1.18 bits per heavy atom. The van der Waals surface area contributed by atoms with Gasteiger partial charge >= 0.3 is 0 Å². The number of rotatable bonds is 4. The first-order valence-electron chi connectivity index (χ1n) is 5.50. The largest absolute Gasteiger partial charge is 0.488 e. The maximum atomic E-state index is 13.5. The minimum Gasteiger partial charge on any atom is -0.488 e. The third-order valence-electron chi connectivity index (χ3n) is 2.31. The van der Waals surface area contributed by atoms with E-state index in [9.17, 15) is 8.78 Å². The summed E-state index contributed by atoms with van der Waals surface area (Å²) in [5.41, 5.74) is 0.645. The Balaban J connectivity index is 2.72. The molecular formula is C13H17BrF2O. The average Bonchev–Trinajstić information content (AvgIpc) is 2.20. The van der Waals surface area contributed by atoms with E-state index >= 15 is 0 Å². The highest BCUT2D eigenvalue weighted by atomic mass is 79.9. The molecular weight excluding hydrogens is 290 g/mol. The van der Waals surface area contributed by atoms with Crippen molar-refractivity contribution in [1.82, 2.24) is 0 Å². The summed E-state index contributed by atoms with van der Waals surface area (Å²) in [6.07, 6.45) is 0.742. The van der Waals surface area contributed by atoms with Gasteiger partial charge in [0.2, 0.25) is 0 Å². The van der Waals surface area contributed by atoms with Crippen molar-refractivity contribution in [2.75, 3.05) is 6.61 Å². The summed E-state index contributed by atoms with van der Waals surface area (Å²) < 4.78 is 32.2. The fourth-order valence-corrected chi connectivity index (χ4v) is 1.61. The predicted octanol–water partition coefficient (Wildman–Crippen LogP) is 4.67. The fraction of sp³-hybridized carbons (Fsp3) is 0.538. The van der Waals surface area contributed by atoms with Gasteiger partial charge in [-0.1, -0.05) is 36.7 Å². The lowest BCUT2D eigenvalue weighted by atomic mass is 9.93. The smallest absolute Gasteiger partial charge is 0.190 e. The van der Waals surface area contributed by atoms with Crippen molar-refractivity contribution in [3.63, 3.8) is 0 Å². The van der Waals surface area contributed by atoms with Crippen LogP contribution in [0.2, 0.25) is 0 Å². The summed E-state index contributed by atoms with van der Waals surface area (Å²) in [6.45, 7) is 6.47. The molecule has 0 spiro atoms. The van der Waals surface area contributed by atoms with Crippen molar-refractivity contribution < 1.29 is 13.5 Å². The molecule has 0 radical (unpaired) electrons. The monoisotopic (exact) mass is 306 g/mol. The summed E-state index contributed by atoms with van der Waals surface area (Å²) in [4.78, 5) is 0. The maximum Gasteiger partial charge on any atom is 0.190 e. The van der Waals surface area contributed by atoms with Crippen LogP contribution in [0.3, 0.4) is 0 Å². The normalized spacial score (nSPS) is 11.6. The van der Waals surface area contributed by atoms with Gasteiger partial charge < -0.3 is 4.74 Å². The molecule has 0 aliphatic rings. The van der Waals surface area contributed by atoms with E-state index in [0.29, 0.717) is 17.5 Å². The van der Waals surface area contributed by atoms with Gasteiger partial charge in [0.1, 0.15) is 0 Å². The minimum atomic E-state index is -0.645. The van der Waals surface area contributed by atoms with Gasteiger partial charge in [-0.15, -0.1) is 0 Å². The van der Waals surface area contributed by atoms with E-state index in [1.54, 1.807) is 0 Å². The van der Waals surface area contributed by atoms with Crippen LogP contribution in [0.25, 0.3) is 0 Å². The van der Waals surface area contributed by atoms with Crippen LogP contribution in [0.1, 0.15) is 32.8 Å². The molecule has 1 aromatic rings. The number of halogens is 3. The molecule has 0 aliphatic carbocycles. The molecule has 1 nitrogen and oxygen atoms in total. The van der Waals surface area contributed by atoms with Crippen LogP contribution in [-0.4, -0.2) is 6.61 Å². The highest BCUT2D eigenvalue weighted by molar-refractivity contribution is 9.08. The van der Waals surface area contributed by atoms with Gasteiger partial charge in [-0.25, -0.2) is 8.78 Å². The molecule has 0 bridgehead atoms. The lowest BCUT2D eigenvalue weighted by Gasteiger charge is -2.18. The summed E-state index contributed by atoms with van der Waals surface area (Å²) in [5, 5.41) is 0.420. The van der Waals surface area contributed by atoms with Crippen molar-refractivity contribution in [3.8, 4) is 5.75 Å². The highest BCUT2D eigenvalue weighted by Gasteiger charge is 2.15. The van der Waals surface area contributed by atoms with Crippen LogP contribution in [0.15, 0.2) is 12.1 Å². The van der Waals surface area contributed by atoms with E-state index in [1.165, 1.54) is 12.1 Å². The quantitative estimate of drug-likeness (QED) is 0.734. The molecule has 0 amide bonds. The lowest BCUT2D eigenvalue weighted by molar-refractivity contribution is 0.226. The summed E-state index contributed by atoms with van der Waals surface area (Å²) in [5.74, 6) is -1.57. The van der Waals surface area contributed by atoms with Crippen molar-refractivity contribution in [1.29, 1.82) is 0 Å². The molecule has 4 heteroatoms. The predicted molar refractivity (Wildman–Crippen MR) is 68.6 cm³/mol. The molecule has 1 rings (SSSR count). The van der Waals surface area contributed by atoms with Crippen molar-refractivity contribution in [2.24, 2.45) is 5.41 Å². The second-order valence-corrected chi connectivity index (χ2v) is 5.74. The Morgan fingerprint density at radius 3 is 2.12 bits per heavy atom. The minimum absolute atomic E-state index is 0.0861. The number of alkyl halides is 1. The zero-order valence-corrected chi connectivity index (χ0v) is 11.9. The van der Waals surface area contributed by atoms with Gasteiger partial charge in [0.15, 0.2) is 17.4 Å². The first kappa shape index (κ1) is 14.4. The molecule has 0 unspecified atom stereocenters. The molecule has 0 aliphatic heterocycles. The lowest BCUT2D eigenvalue weighted by Crippen LogP contribution is -2.12. The topological polar surface area (TPSA) is 9.23 Å². The number of hydrogen-bond donors (Lipinski definition) is 0. The zero-order chi connectivity index (χ0) is 13.1. The van der Waals surface area contributed by atoms with Crippen LogP contribution < -0.4 is 4.74 Å². The van der Waals surface area contributed by atoms with Crippen molar-refractivity contribution in [2.45, 2.75) is 32.5 Å².